The molecule has 96 valence electrons. The molecule has 1 aliphatic carbocycles. The second kappa shape index (κ2) is 5.11. The molecule has 2 N–H and O–H groups in total. The average Bonchev–Trinajstić information content (AvgIpc) is 2.41. The number of hydrogen-bond acceptors (Lipinski definition) is 2. The van der Waals surface area contributed by atoms with Crippen molar-refractivity contribution in [2.75, 3.05) is 6.54 Å². The van der Waals surface area contributed by atoms with E-state index in [1.165, 1.54) is 24.8 Å². The maximum absolute atomic E-state index is 12.0. The molecule has 3 nitrogen and oxygen atoms in total. The van der Waals surface area contributed by atoms with Crippen LogP contribution >= 0.6 is 0 Å². The van der Waals surface area contributed by atoms with Crippen molar-refractivity contribution in [3.05, 3.63) is 11.3 Å². The van der Waals surface area contributed by atoms with Gasteiger partial charge in [0, 0.05) is 6.54 Å². The molecule has 3 heteroatoms. The molecule has 2 fully saturated rings. The summed E-state index contributed by atoms with van der Waals surface area (Å²) < 4.78 is 0. The van der Waals surface area contributed by atoms with Gasteiger partial charge in [-0.15, -0.1) is 0 Å². The summed E-state index contributed by atoms with van der Waals surface area (Å²) in [7, 11) is 0. The minimum Gasteiger partial charge on any atom is -0.373 e. The monoisotopic (exact) mass is 236 g/mol. The van der Waals surface area contributed by atoms with Gasteiger partial charge in [0.2, 0.25) is 0 Å². The normalized spacial score (nSPS) is 24.2. The second-order valence-electron chi connectivity index (χ2n) is 5.33. The second-order valence-corrected chi connectivity index (χ2v) is 5.33. The Morgan fingerprint density at radius 1 is 1.12 bits per heavy atom. The first-order valence-corrected chi connectivity index (χ1v) is 6.99. The minimum atomic E-state index is 0.0771. The molecule has 1 heterocycles. The summed E-state index contributed by atoms with van der Waals surface area (Å²) in [6.07, 6.45) is 8.09. The molecule has 1 amide bonds. The van der Waals surface area contributed by atoms with Crippen LogP contribution in [0.3, 0.4) is 0 Å². The molecule has 0 aromatic rings. The van der Waals surface area contributed by atoms with E-state index in [0.717, 1.165) is 37.9 Å². The van der Waals surface area contributed by atoms with Crippen LogP contribution in [0.25, 0.3) is 0 Å². The van der Waals surface area contributed by atoms with Crippen molar-refractivity contribution < 1.29 is 4.79 Å². The Labute approximate surface area is 104 Å². The summed E-state index contributed by atoms with van der Waals surface area (Å²) in [5.41, 5.74) is 2.31. The van der Waals surface area contributed by atoms with Crippen LogP contribution in [0.5, 0.6) is 0 Å². The lowest BCUT2D eigenvalue weighted by molar-refractivity contribution is -0.119. The molecule has 0 bridgehead atoms. The Bertz CT molecular complexity index is 321. The van der Waals surface area contributed by atoms with Crippen molar-refractivity contribution in [1.29, 1.82) is 0 Å². The van der Waals surface area contributed by atoms with Gasteiger partial charge in [0.05, 0.1) is 11.2 Å². The molecule has 1 aliphatic heterocycles. The smallest absolute Gasteiger partial charge is 0.267 e. The van der Waals surface area contributed by atoms with Gasteiger partial charge in [0.15, 0.2) is 0 Å². The highest BCUT2D eigenvalue weighted by Crippen LogP contribution is 2.28. The van der Waals surface area contributed by atoms with Crippen LogP contribution in [0.15, 0.2) is 11.3 Å². The number of carbonyl (C=O) groups is 1. The van der Waals surface area contributed by atoms with Crippen LogP contribution in [0.2, 0.25) is 0 Å². The molecule has 1 saturated carbocycles. The van der Waals surface area contributed by atoms with E-state index in [9.17, 15) is 4.79 Å². The molecule has 2 rings (SSSR count). The molecule has 0 unspecified atom stereocenters. The molecule has 0 spiro atoms. The first-order valence-electron chi connectivity index (χ1n) is 6.99. The zero-order valence-corrected chi connectivity index (χ0v) is 11.1. The van der Waals surface area contributed by atoms with Crippen molar-refractivity contribution in [2.45, 2.75) is 64.3 Å². The Morgan fingerprint density at radius 3 is 2.35 bits per heavy atom. The van der Waals surface area contributed by atoms with E-state index in [4.69, 9.17) is 0 Å². The van der Waals surface area contributed by atoms with Crippen LogP contribution in [-0.2, 0) is 4.79 Å². The summed E-state index contributed by atoms with van der Waals surface area (Å²) in [4.78, 5) is 12.0. The predicted molar refractivity (Wildman–Crippen MR) is 69.6 cm³/mol. The number of piperazine rings is 1. The highest BCUT2D eigenvalue weighted by Gasteiger charge is 2.34. The zero-order valence-electron chi connectivity index (χ0n) is 11.1. The van der Waals surface area contributed by atoms with Crippen LogP contribution < -0.4 is 10.6 Å². The van der Waals surface area contributed by atoms with Gasteiger partial charge in [0.1, 0.15) is 0 Å². The van der Waals surface area contributed by atoms with Crippen LogP contribution in [0, 0.1) is 0 Å². The van der Waals surface area contributed by atoms with E-state index in [1.807, 2.05) is 0 Å². The number of hydrogen-bond donors (Lipinski definition) is 2. The highest BCUT2D eigenvalue weighted by molar-refractivity contribution is 5.94. The van der Waals surface area contributed by atoms with Crippen molar-refractivity contribution in [2.24, 2.45) is 0 Å². The fourth-order valence-electron chi connectivity index (χ4n) is 2.86. The van der Waals surface area contributed by atoms with Crippen molar-refractivity contribution in [3.8, 4) is 0 Å². The Kier molecular flexibility index (Phi) is 3.75. The topological polar surface area (TPSA) is 41.1 Å². The first kappa shape index (κ1) is 12.5. The van der Waals surface area contributed by atoms with Gasteiger partial charge in [-0.25, -0.2) is 0 Å². The number of carbonyl (C=O) groups excluding carboxylic acids is 1. The van der Waals surface area contributed by atoms with Gasteiger partial charge < -0.3 is 10.6 Å². The van der Waals surface area contributed by atoms with Gasteiger partial charge in [-0.1, -0.05) is 20.3 Å². The van der Waals surface area contributed by atoms with E-state index < -0.39 is 0 Å². The summed E-state index contributed by atoms with van der Waals surface area (Å²) in [6, 6.07) is 0. The fourth-order valence-corrected chi connectivity index (χ4v) is 2.86. The lowest BCUT2D eigenvalue weighted by atomic mass is 9.87. The van der Waals surface area contributed by atoms with Crippen molar-refractivity contribution in [3.63, 3.8) is 0 Å². The molecule has 0 atom stereocenters. The van der Waals surface area contributed by atoms with E-state index in [2.05, 4.69) is 24.5 Å². The summed E-state index contributed by atoms with van der Waals surface area (Å²) in [5, 5.41) is 6.62. The molecule has 0 aromatic carbocycles. The Balaban J connectivity index is 2.22. The third kappa shape index (κ3) is 2.48. The van der Waals surface area contributed by atoms with E-state index in [0.29, 0.717) is 0 Å². The standard InChI is InChI=1S/C14H24N2O/c1-3-14(4-2)10-15-13(17)12(16-14)11-8-6-5-7-9-11/h16H,3-10H2,1-2H3,(H,15,17). The molecule has 1 saturated heterocycles. The van der Waals surface area contributed by atoms with Crippen molar-refractivity contribution in [1.82, 2.24) is 10.6 Å². The third-order valence-electron chi connectivity index (χ3n) is 4.37. The van der Waals surface area contributed by atoms with Gasteiger partial charge in [-0.2, -0.15) is 0 Å². The van der Waals surface area contributed by atoms with Gasteiger partial charge in [0.25, 0.3) is 5.91 Å². The average molecular weight is 236 g/mol. The third-order valence-corrected chi connectivity index (χ3v) is 4.37. The van der Waals surface area contributed by atoms with Gasteiger partial charge >= 0.3 is 0 Å². The first-order chi connectivity index (χ1) is 8.21. The molecule has 0 aromatic heterocycles. The quantitative estimate of drug-likeness (QED) is 0.723. The molecular formula is C14H24N2O. The maximum atomic E-state index is 12.0. The fraction of sp³-hybridized carbons (Fsp3) is 0.786. The summed E-state index contributed by atoms with van der Waals surface area (Å²) in [6.45, 7) is 5.14. The highest BCUT2D eigenvalue weighted by atomic mass is 16.2. The SMILES string of the molecule is CCC1(CC)CNC(=O)C(=C2CCCCC2)N1. The Morgan fingerprint density at radius 2 is 1.76 bits per heavy atom. The van der Waals surface area contributed by atoms with Gasteiger partial charge in [-0.3, -0.25) is 4.79 Å². The van der Waals surface area contributed by atoms with E-state index in [1.54, 1.807) is 0 Å². The molecular weight excluding hydrogens is 212 g/mol. The molecule has 0 radical (unpaired) electrons. The lowest BCUT2D eigenvalue weighted by Crippen LogP contribution is -2.59. The molecule has 2 aliphatic rings. The number of amides is 1. The lowest BCUT2D eigenvalue weighted by Gasteiger charge is -2.40. The number of allylic oxidation sites excluding steroid dienone is 1. The summed E-state index contributed by atoms with van der Waals surface area (Å²) in [5.74, 6) is 0.111. The van der Waals surface area contributed by atoms with E-state index >= 15 is 0 Å². The van der Waals surface area contributed by atoms with Crippen LogP contribution in [-0.4, -0.2) is 18.0 Å². The van der Waals surface area contributed by atoms with Crippen LogP contribution in [0.4, 0.5) is 0 Å². The largest absolute Gasteiger partial charge is 0.373 e. The van der Waals surface area contributed by atoms with Crippen LogP contribution in [0.1, 0.15) is 58.8 Å². The van der Waals surface area contributed by atoms with Gasteiger partial charge in [-0.05, 0) is 44.1 Å². The molecule has 17 heavy (non-hydrogen) atoms. The van der Waals surface area contributed by atoms with Crippen molar-refractivity contribution >= 4 is 5.91 Å². The number of rotatable bonds is 2. The summed E-state index contributed by atoms with van der Waals surface area (Å²) >= 11 is 0. The Hall–Kier alpha value is -0.990. The predicted octanol–water partition coefficient (Wildman–Crippen LogP) is 2.48. The minimum absolute atomic E-state index is 0.0771. The zero-order chi connectivity index (χ0) is 12.3. The maximum Gasteiger partial charge on any atom is 0.267 e. The number of nitrogens with one attached hydrogen (secondary N) is 2. The van der Waals surface area contributed by atoms with E-state index in [-0.39, 0.29) is 11.4 Å².